The van der Waals surface area contributed by atoms with Gasteiger partial charge in [0, 0.05) is 5.41 Å². The number of hydrogen-bond donors (Lipinski definition) is 0. The average molecular weight is 242 g/mol. The summed E-state index contributed by atoms with van der Waals surface area (Å²) in [6, 6.07) is 0. The molecule has 1 aliphatic heterocycles. The van der Waals surface area contributed by atoms with Gasteiger partial charge in [0.1, 0.15) is 6.61 Å². The highest BCUT2D eigenvalue weighted by atomic mass is 16.6. The summed E-state index contributed by atoms with van der Waals surface area (Å²) < 4.78 is 13.8. The third-order valence-electron chi connectivity index (χ3n) is 2.47. The second-order valence-electron chi connectivity index (χ2n) is 4.19. The second kappa shape index (κ2) is 4.57. The van der Waals surface area contributed by atoms with Crippen LogP contribution in [0, 0.1) is 5.41 Å². The third-order valence-corrected chi connectivity index (χ3v) is 2.47. The lowest BCUT2D eigenvalue weighted by molar-refractivity contribution is -0.145. The first-order chi connectivity index (χ1) is 7.85. The molecule has 0 bridgehead atoms. The molecular weight excluding hydrogens is 228 g/mol. The molecule has 1 heterocycles. The van der Waals surface area contributed by atoms with Gasteiger partial charge in [0.05, 0.1) is 19.8 Å². The molecule has 0 saturated carbocycles. The molecule has 0 aromatic carbocycles. The van der Waals surface area contributed by atoms with E-state index < -0.39 is 28.9 Å². The predicted molar refractivity (Wildman–Crippen MR) is 55.8 cm³/mol. The van der Waals surface area contributed by atoms with Gasteiger partial charge in [-0.05, 0) is 0 Å². The lowest BCUT2D eigenvalue weighted by Gasteiger charge is -2.16. The van der Waals surface area contributed by atoms with Crippen molar-refractivity contribution < 1.29 is 28.6 Å². The molecule has 1 fully saturated rings. The summed E-state index contributed by atoms with van der Waals surface area (Å²) in [5.74, 6) is -2.50. The molecule has 0 aliphatic carbocycles. The fraction of sp³-hybridized carbons (Fsp3) is 0.545. The van der Waals surface area contributed by atoms with E-state index in [-0.39, 0.29) is 12.2 Å². The minimum absolute atomic E-state index is 0.00352. The van der Waals surface area contributed by atoms with Crippen molar-refractivity contribution in [3.63, 3.8) is 0 Å². The average Bonchev–Trinajstić information content (AvgIpc) is 2.55. The summed E-state index contributed by atoms with van der Waals surface area (Å²) in [5, 5.41) is 0. The van der Waals surface area contributed by atoms with Crippen LogP contribution in [0.5, 0.6) is 0 Å². The van der Waals surface area contributed by atoms with Crippen LogP contribution < -0.4 is 0 Å². The van der Waals surface area contributed by atoms with Gasteiger partial charge in [-0.15, -0.1) is 0 Å². The van der Waals surface area contributed by atoms with E-state index in [0.717, 1.165) is 14.2 Å². The van der Waals surface area contributed by atoms with Crippen molar-refractivity contribution >= 4 is 17.9 Å². The highest BCUT2D eigenvalue weighted by Crippen LogP contribution is 2.36. The van der Waals surface area contributed by atoms with Crippen LogP contribution in [0.25, 0.3) is 0 Å². The molecule has 1 rings (SSSR count). The molecule has 0 aromatic rings. The van der Waals surface area contributed by atoms with Crippen LogP contribution in [-0.2, 0) is 28.6 Å². The summed E-state index contributed by atoms with van der Waals surface area (Å²) in [4.78, 5) is 34.7. The highest BCUT2D eigenvalue weighted by molar-refractivity contribution is 6.19. The Balaban J connectivity index is 3.41. The Morgan fingerprint density at radius 2 is 1.65 bits per heavy atom. The Labute approximate surface area is 98.5 Å². The van der Waals surface area contributed by atoms with Gasteiger partial charge >= 0.3 is 17.9 Å². The summed E-state index contributed by atoms with van der Waals surface area (Å²) in [6.07, 6.45) is 0. The topological polar surface area (TPSA) is 78.9 Å². The molecule has 94 valence electrons. The number of cyclic esters (lactones) is 1. The van der Waals surface area contributed by atoms with Crippen LogP contribution in [0.15, 0.2) is 11.1 Å². The number of ether oxygens (including phenoxy) is 3. The Morgan fingerprint density at radius 3 is 1.94 bits per heavy atom. The lowest BCUT2D eigenvalue weighted by Crippen LogP contribution is -2.25. The zero-order valence-electron chi connectivity index (χ0n) is 10.2. The molecule has 0 unspecified atom stereocenters. The largest absolute Gasteiger partial charge is 0.465 e. The first-order valence-electron chi connectivity index (χ1n) is 4.93. The standard InChI is InChI=1S/C11H14O6/c1-11(2)5-17-10(14)7(11)6(8(12)15-3)9(13)16-4/h5H2,1-4H3. The number of carbonyl (C=O) groups excluding carboxylic acids is 3. The SMILES string of the molecule is COC(=O)C(C(=O)OC)=C1C(=O)OCC1(C)C. The van der Waals surface area contributed by atoms with Gasteiger partial charge in [0.2, 0.25) is 0 Å². The van der Waals surface area contributed by atoms with Crippen molar-refractivity contribution in [1.29, 1.82) is 0 Å². The monoisotopic (exact) mass is 242 g/mol. The minimum Gasteiger partial charge on any atom is -0.465 e. The van der Waals surface area contributed by atoms with E-state index in [4.69, 9.17) is 4.74 Å². The van der Waals surface area contributed by atoms with Crippen molar-refractivity contribution in [3.05, 3.63) is 11.1 Å². The predicted octanol–water partition coefficient (Wildman–Crippen LogP) is 0.212. The number of carbonyl (C=O) groups is 3. The maximum Gasteiger partial charge on any atom is 0.345 e. The molecule has 0 radical (unpaired) electrons. The van der Waals surface area contributed by atoms with Crippen LogP contribution in [-0.4, -0.2) is 38.7 Å². The molecule has 0 amide bonds. The lowest BCUT2D eigenvalue weighted by atomic mass is 9.84. The maximum absolute atomic E-state index is 11.6. The first kappa shape index (κ1) is 13.2. The second-order valence-corrected chi connectivity index (χ2v) is 4.19. The molecule has 0 spiro atoms. The summed E-state index contributed by atoms with van der Waals surface area (Å²) in [5.41, 5.74) is -1.13. The minimum atomic E-state index is -0.904. The third kappa shape index (κ3) is 2.30. The van der Waals surface area contributed by atoms with E-state index in [1.807, 2.05) is 0 Å². The van der Waals surface area contributed by atoms with E-state index in [9.17, 15) is 14.4 Å². The first-order valence-corrected chi connectivity index (χ1v) is 4.93. The van der Waals surface area contributed by atoms with Crippen LogP contribution >= 0.6 is 0 Å². The number of methoxy groups -OCH3 is 2. The molecule has 6 heteroatoms. The van der Waals surface area contributed by atoms with E-state index in [0.29, 0.717) is 0 Å². The van der Waals surface area contributed by atoms with E-state index in [1.54, 1.807) is 13.8 Å². The van der Waals surface area contributed by atoms with Gasteiger partial charge in [0.25, 0.3) is 0 Å². The van der Waals surface area contributed by atoms with Crippen LogP contribution in [0.4, 0.5) is 0 Å². The molecule has 0 aromatic heterocycles. The Kier molecular flexibility index (Phi) is 3.55. The molecule has 17 heavy (non-hydrogen) atoms. The molecule has 0 atom stereocenters. The van der Waals surface area contributed by atoms with E-state index >= 15 is 0 Å². The van der Waals surface area contributed by atoms with Crippen LogP contribution in [0.2, 0.25) is 0 Å². The van der Waals surface area contributed by atoms with Gasteiger partial charge < -0.3 is 14.2 Å². The smallest absolute Gasteiger partial charge is 0.345 e. The molecular formula is C11H14O6. The van der Waals surface area contributed by atoms with Crippen molar-refractivity contribution in [2.24, 2.45) is 5.41 Å². The zero-order chi connectivity index (χ0) is 13.2. The molecule has 1 aliphatic rings. The fourth-order valence-electron chi connectivity index (χ4n) is 1.60. The molecule has 0 N–H and O–H groups in total. The van der Waals surface area contributed by atoms with Crippen molar-refractivity contribution in [2.75, 3.05) is 20.8 Å². The Bertz CT molecular complexity index is 386. The van der Waals surface area contributed by atoms with Gasteiger partial charge in [-0.2, -0.15) is 0 Å². The Morgan fingerprint density at radius 1 is 1.18 bits per heavy atom. The van der Waals surface area contributed by atoms with Gasteiger partial charge in [0.15, 0.2) is 5.57 Å². The highest BCUT2D eigenvalue weighted by Gasteiger charge is 2.44. The van der Waals surface area contributed by atoms with Crippen molar-refractivity contribution in [2.45, 2.75) is 13.8 Å². The van der Waals surface area contributed by atoms with Gasteiger partial charge in [-0.25, -0.2) is 14.4 Å². The number of hydrogen-bond acceptors (Lipinski definition) is 6. The summed E-state index contributed by atoms with van der Waals surface area (Å²) in [6.45, 7) is 3.50. The van der Waals surface area contributed by atoms with Gasteiger partial charge in [-0.1, -0.05) is 13.8 Å². The maximum atomic E-state index is 11.6. The molecule has 1 saturated heterocycles. The summed E-state index contributed by atoms with van der Waals surface area (Å²) in [7, 11) is 2.25. The Hall–Kier alpha value is -1.85. The number of rotatable bonds is 2. The van der Waals surface area contributed by atoms with Crippen molar-refractivity contribution in [3.8, 4) is 0 Å². The van der Waals surface area contributed by atoms with E-state index in [2.05, 4.69) is 9.47 Å². The quantitative estimate of drug-likeness (QED) is 0.226. The molecule has 6 nitrogen and oxygen atoms in total. The zero-order valence-corrected chi connectivity index (χ0v) is 10.2. The van der Waals surface area contributed by atoms with Crippen LogP contribution in [0.3, 0.4) is 0 Å². The van der Waals surface area contributed by atoms with E-state index in [1.165, 1.54) is 0 Å². The van der Waals surface area contributed by atoms with Crippen LogP contribution in [0.1, 0.15) is 13.8 Å². The normalized spacial score (nSPS) is 17.4. The summed E-state index contributed by atoms with van der Waals surface area (Å²) >= 11 is 0. The number of esters is 3. The van der Waals surface area contributed by atoms with Gasteiger partial charge in [-0.3, -0.25) is 0 Å². The fourth-order valence-corrected chi connectivity index (χ4v) is 1.60. The van der Waals surface area contributed by atoms with Crippen molar-refractivity contribution in [1.82, 2.24) is 0 Å².